The third kappa shape index (κ3) is 4.30. The first-order valence-corrected chi connectivity index (χ1v) is 10.1. The van der Waals surface area contributed by atoms with Gasteiger partial charge in [-0.1, -0.05) is 42.5 Å². The Hall–Kier alpha value is -3.05. The van der Waals surface area contributed by atoms with Gasteiger partial charge in [0.25, 0.3) is 6.04 Å². The summed E-state index contributed by atoms with van der Waals surface area (Å²) in [5, 5.41) is 15.3. The smallest absolute Gasteiger partial charge is 0.339 e. The third-order valence-electron chi connectivity index (χ3n) is 5.57. The minimum absolute atomic E-state index is 0.111. The molecule has 2 aliphatic rings. The number of anilines is 1. The SMILES string of the molecule is COC(=O)c1ccccc1NC1C(OC)OC2COC(c3ccccc3)OC2C1[N+](=O)[O-]. The molecule has 10 heteroatoms. The van der Waals surface area contributed by atoms with E-state index in [4.69, 9.17) is 23.7 Å². The van der Waals surface area contributed by atoms with E-state index in [-0.39, 0.29) is 12.2 Å². The maximum absolute atomic E-state index is 12.2. The lowest BCUT2D eigenvalue weighted by atomic mass is 9.93. The van der Waals surface area contributed by atoms with Crippen molar-refractivity contribution in [3.63, 3.8) is 0 Å². The molecule has 4 rings (SSSR count). The van der Waals surface area contributed by atoms with Crippen molar-refractivity contribution in [2.45, 2.75) is 36.9 Å². The maximum atomic E-state index is 12.2. The van der Waals surface area contributed by atoms with Crippen molar-refractivity contribution < 1.29 is 33.4 Å². The van der Waals surface area contributed by atoms with Gasteiger partial charge in [0.1, 0.15) is 12.1 Å². The average Bonchev–Trinajstić information content (AvgIpc) is 2.83. The highest BCUT2D eigenvalue weighted by molar-refractivity contribution is 5.95. The van der Waals surface area contributed by atoms with Crippen molar-refractivity contribution in [3.8, 4) is 0 Å². The number of hydrogen-bond acceptors (Lipinski definition) is 9. The number of rotatable bonds is 6. The second kappa shape index (κ2) is 9.61. The molecule has 0 saturated carbocycles. The zero-order valence-corrected chi connectivity index (χ0v) is 17.6. The summed E-state index contributed by atoms with van der Waals surface area (Å²) < 4.78 is 28.0. The molecular formula is C22H24N2O8. The zero-order valence-electron chi connectivity index (χ0n) is 17.6. The lowest BCUT2D eigenvalue weighted by molar-refractivity contribution is -0.561. The van der Waals surface area contributed by atoms with E-state index >= 15 is 0 Å². The fraction of sp³-hybridized carbons (Fsp3) is 0.409. The van der Waals surface area contributed by atoms with Gasteiger partial charge in [0.05, 0.1) is 19.3 Å². The molecule has 0 aromatic heterocycles. The van der Waals surface area contributed by atoms with E-state index in [2.05, 4.69) is 5.32 Å². The summed E-state index contributed by atoms with van der Waals surface area (Å²) in [4.78, 5) is 24.0. The van der Waals surface area contributed by atoms with E-state index in [1.54, 1.807) is 24.3 Å². The van der Waals surface area contributed by atoms with Gasteiger partial charge in [-0.2, -0.15) is 0 Å². The van der Waals surface area contributed by atoms with E-state index in [1.165, 1.54) is 14.2 Å². The van der Waals surface area contributed by atoms with Crippen LogP contribution in [0, 0.1) is 10.1 Å². The number of hydrogen-bond donors (Lipinski definition) is 1. The first-order chi connectivity index (χ1) is 15.5. The molecule has 0 bridgehead atoms. The molecule has 1 N–H and O–H groups in total. The standard InChI is InChI=1S/C22H24N2O8/c1-28-20(25)14-10-6-7-11-15(14)23-17-18(24(26)27)19-16(31-22(17)29-2)12-30-21(32-19)13-8-4-3-5-9-13/h3-11,16-19,21-23H,12H2,1-2H3. The van der Waals surface area contributed by atoms with Crippen LogP contribution >= 0.6 is 0 Å². The van der Waals surface area contributed by atoms with Gasteiger partial charge in [0.15, 0.2) is 18.7 Å². The van der Waals surface area contributed by atoms with Gasteiger partial charge in [-0.05, 0) is 12.1 Å². The van der Waals surface area contributed by atoms with Gasteiger partial charge in [0.2, 0.25) is 0 Å². The molecule has 2 fully saturated rings. The Labute approximate surface area is 184 Å². The Morgan fingerprint density at radius 3 is 2.50 bits per heavy atom. The van der Waals surface area contributed by atoms with Crippen LogP contribution in [0.5, 0.6) is 0 Å². The monoisotopic (exact) mass is 444 g/mol. The van der Waals surface area contributed by atoms with E-state index < -0.39 is 47.8 Å². The van der Waals surface area contributed by atoms with Crippen LogP contribution in [-0.2, 0) is 23.7 Å². The molecule has 0 radical (unpaired) electrons. The first kappa shape index (κ1) is 22.2. The molecule has 6 unspecified atom stereocenters. The van der Waals surface area contributed by atoms with Gasteiger partial charge < -0.3 is 29.0 Å². The average molecular weight is 444 g/mol. The van der Waals surface area contributed by atoms with Crippen LogP contribution in [0.15, 0.2) is 54.6 Å². The largest absolute Gasteiger partial charge is 0.465 e. The Morgan fingerprint density at radius 2 is 1.81 bits per heavy atom. The Morgan fingerprint density at radius 1 is 1.09 bits per heavy atom. The number of fused-ring (bicyclic) bond motifs is 1. The van der Waals surface area contributed by atoms with Gasteiger partial charge in [-0.3, -0.25) is 10.1 Å². The highest BCUT2D eigenvalue weighted by Gasteiger charge is 2.56. The Kier molecular flexibility index (Phi) is 6.66. The summed E-state index contributed by atoms with van der Waals surface area (Å²) in [6, 6.07) is 13.6. The number of nitrogens with zero attached hydrogens (tertiary/aromatic N) is 1. The fourth-order valence-electron chi connectivity index (χ4n) is 4.05. The summed E-state index contributed by atoms with van der Waals surface area (Å²) in [5.41, 5.74) is 1.36. The quantitative estimate of drug-likeness (QED) is 0.407. The van der Waals surface area contributed by atoms with Gasteiger partial charge >= 0.3 is 5.97 Å². The molecule has 2 aliphatic heterocycles. The number of nitro groups is 1. The van der Waals surface area contributed by atoms with Gasteiger partial charge in [-0.15, -0.1) is 0 Å². The maximum Gasteiger partial charge on any atom is 0.339 e. The van der Waals surface area contributed by atoms with Crippen LogP contribution in [-0.4, -0.2) is 62.3 Å². The third-order valence-corrected chi connectivity index (χ3v) is 5.57. The second-order valence-electron chi connectivity index (χ2n) is 7.44. The summed E-state index contributed by atoms with van der Waals surface area (Å²) >= 11 is 0. The van der Waals surface area contributed by atoms with Crippen LogP contribution in [0.4, 0.5) is 5.69 Å². The molecule has 2 aromatic rings. The van der Waals surface area contributed by atoms with Crippen molar-refractivity contribution in [2.75, 3.05) is 26.1 Å². The molecule has 0 amide bonds. The number of benzene rings is 2. The van der Waals surface area contributed by atoms with E-state index in [9.17, 15) is 14.9 Å². The van der Waals surface area contributed by atoms with Crippen LogP contribution < -0.4 is 5.32 Å². The van der Waals surface area contributed by atoms with Crippen molar-refractivity contribution in [3.05, 3.63) is 75.8 Å². The molecule has 0 aliphatic carbocycles. The molecule has 10 nitrogen and oxygen atoms in total. The fourth-order valence-corrected chi connectivity index (χ4v) is 4.05. The molecule has 32 heavy (non-hydrogen) atoms. The van der Waals surface area contributed by atoms with Gasteiger partial charge in [-0.25, -0.2) is 4.79 Å². The Bertz CT molecular complexity index is 956. The topological polar surface area (TPSA) is 118 Å². The first-order valence-electron chi connectivity index (χ1n) is 10.1. The van der Waals surface area contributed by atoms with Crippen molar-refractivity contribution >= 4 is 11.7 Å². The summed E-state index contributed by atoms with van der Waals surface area (Å²) in [5.74, 6) is -0.569. The number of nitrogens with one attached hydrogen (secondary N) is 1. The molecule has 2 saturated heterocycles. The lowest BCUT2D eigenvalue weighted by Crippen LogP contribution is -2.66. The van der Waals surface area contributed by atoms with E-state index in [0.29, 0.717) is 5.69 Å². The summed E-state index contributed by atoms with van der Waals surface area (Å²) in [7, 11) is 2.67. The predicted molar refractivity (Wildman–Crippen MR) is 112 cm³/mol. The molecule has 0 spiro atoms. The number of carbonyl (C=O) groups is 1. The van der Waals surface area contributed by atoms with Crippen LogP contribution in [0.3, 0.4) is 0 Å². The van der Waals surface area contributed by atoms with Crippen LogP contribution in [0.25, 0.3) is 0 Å². The predicted octanol–water partition coefficient (Wildman–Crippen LogP) is 2.38. The van der Waals surface area contributed by atoms with E-state index in [0.717, 1.165) is 5.56 Å². The number of carbonyl (C=O) groups excluding carboxylic acids is 1. The zero-order chi connectivity index (χ0) is 22.7. The highest BCUT2D eigenvalue weighted by Crippen LogP contribution is 2.36. The summed E-state index contributed by atoms with van der Waals surface area (Å²) in [6.45, 7) is 0.111. The van der Waals surface area contributed by atoms with Crippen molar-refractivity contribution in [2.24, 2.45) is 0 Å². The molecule has 6 atom stereocenters. The van der Waals surface area contributed by atoms with Crippen molar-refractivity contribution in [1.29, 1.82) is 0 Å². The normalized spacial score (nSPS) is 29.6. The van der Waals surface area contributed by atoms with Crippen LogP contribution in [0.2, 0.25) is 0 Å². The highest BCUT2D eigenvalue weighted by atomic mass is 16.7. The molecule has 2 heterocycles. The van der Waals surface area contributed by atoms with Gasteiger partial charge in [0, 0.05) is 23.3 Å². The second-order valence-corrected chi connectivity index (χ2v) is 7.44. The molecular weight excluding hydrogens is 420 g/mol. The minimum atomic E-state index is -1.24. The van der Waals surface area contributed by atoms with Crippen LogP contribution in [0.1, 0.15) is 22.2 Å². The molecule has 170 valence electrons. The number of para-hydroxylation sites is 1. The lowest BCUT2D eigenvalue weighted by Gasteiger charge is -2.45. The number of methoxy groups -OCH3 is 2. The molecule has 2 aromatic carbocycles. The Balaban J connectivity index is 1.65. The van der Waals surface area contributed by atoms with Crippen molar-refractivity contribution in [1.82, 2.24) is 0 Å². The minimum Gasteiger partial charge on any atom is -0.465 e. The number of ether oxygens (including phenoxy) is 5. The van der Waals surface area contributed by atoms with E-state index in [1.807, 2.05) is 30.3 Å². The summed E-state index contributed by atoms with van der Waals surface area (Å²) in [6.07, 6.45) is -3.33. The number of esters is 1.